The Balaban J connectivity index is 2.00. The molecule has 0 fully saturated rings. The van der Waals surface area contributed by atoms with E-state index in [9.17, 15) is 9.59 Å². The molecule has 114 valence electrons. The zero-order chi connectivity index (χ0) is 15.9. The van der Waals surface area contributed by atoms with Gasteiger partial charge in [0.25, 0.3) is 0 Å². The van der Waals surface area contributed by atoms with Gasteiger partial charge in [0.2, 0.25) is 0 Å². The first-order valence-corrected chi connectivity index (χ1v) is 7.03. The molecule has 0 radical (unpaired) electrons. The normalized spacial score (nSPS) is 10.2. The third-order valence-electron chi connectivity index (χ3n) is 3.21. The largest absolute Gasteiger partial charge is 0.478 e. The molecule has 1 aromatic heterocycles. The molecule has 0 aliphatic heterocycles. The van der Waals surface area contributed by atoms with Crippen LogP contribution < -0.4 is 0 Å². The monoisotopic (exact) mass is 299 g/mol. The van der Waals surface area contributed by atoms with Crippen LogP contribution in [0.5, 0.6) is 0 Å². The lowest BCUT2D eigenvalue weighted by Crippen LogP contribution is -2.06. The van der Waals surface area contributed by atoms with Gasteiger partial charge < -0.3 is 9.84 Å². The third-order valence-corrected chi connectivity index (χ3v) is 3.21. The van der Waals surface area contributed by atoms with Crippen LogP contribution in [-0.4, -0.2) is 28.6 Å². The summed E-state index contributed by atoms with van der Waals surface area (Å²) < 4.78 is 4.95. The van der Waals surface area contributed by atoms with E-state index < -0.39 is 5.97 Å². The molecule has 0 spiro atoms. The van der Waals surface area contributed by atoms with E-state index in [1.165, 1.54) is 6.20 Å². The molecule has 0 atom stereocenters. The number of nitrogens with zero attached hydrogens (tertiary/aromatic N) is 1. The Bertz CT molecular complexity index is 665. The summed E-state index contributed by atoms with van der Waals surface area (Å²) >= 11 is 0. The quantitative estimate of drug-likeness (QED) is 0.830. The number of carbonyl (C=O) groups is 2. The van der Waals surface area contributed by atoms with Gasteiger partial charge in [0, 0.05) is 12.4 Å². The first-order valence-electron chi connectivity index (χ1n) is 7.03. The number of benzene rings is 1. The van der Waals surface area contributed by atoms with E-state index in [-0.39, 0.29) is 11.5 Å². The molecule has 0 unspecified atom stereocenters. The molecule has 2 aromatic rings. The summed E-state index contributed by atoms with van der Waals surface area (Å²) in [4.78, 5) is 26.5. The Morgan fingerprint density at radius 2 is 1.73 bits per heavy atom. The lowest BCUT2D eigenvalue weighted by molar-refractivity contribution is 0.0525. The molecule has 1 N–H and O–H groups in total. The summed E-state index contributed by atoms with van der Waals surface area (Å²) in [5, 5.41) is 8.86. The molecular weight excluding hydrogens is 282 g/mol. The summed E-state index contributed by atoms with van der Waals surface area (Å²) in [7, 11) is 0. The van der Waals surface area contributed by atoms with Crippen molar-refractivity contribution in [3.05, 3.63) is 65.0 Å². The van der Waals surface area contributed by atoms with E-state index in [0.717, 1.165) is 17.5 Å². The molecular formula is C17H17NO4. The number of carboxylic acid groups (broad SMARTS) is 1. The van der Waals surface area contributed by atoms with Gasteiger partial charge in [0.15, 0.2) is 0 Å². The van der Waals surface area contributed by atoms with E-state index in [1.807, 2.05) is 0 Å². The second kappa shape index (κ2) is 7.36. The minimum Gasteiger partial charge on any atom is -0.478 e. The van der Waals surface area contributed by atoms with E-state index in [1.54, 1.807) is 43.5 Å². The molecule has 0 aliphatic carbocycles. The van der Waals surface area contributed by atoms with Crippen molar-refractivity contribution in [1.29, 1.82) is 0 Å². The average Bonchev–Trinajstić information content (AvgIpc) is 2.54. The summed E-state index contributed by atoms with van der Waals surface area (Å²) in [6, 6.07) is 8.55. The Labute approximate surface area is 128 Å². The van der Waals surface area contributed by atoms with Crippen LogP contribution in [0.1, 0.15) is 38.8 Å². The molecule has 1 heterocycles. The number of ether oxygens (including phenoxy) is 1. The van der Waals surface area contributed by atoms with E-state index in [0.29, 0.717) is 18.6 Å². The smallest absolute Gasteiger partial charge is 0.339 e. The number of hydrogen-bond acceptors (Lipinski definition) is 4. The van der Waals surface area contributed by atoms with Gasteiger partial charge in [-0.1, -0.05) is 12.1 Å². The minimum absolute atomic E-state index is 0.273. The Morgan fingerprint density at radius 3 is 2.36 bits per heavy atom. The summed E-state index contributed by atoms with van der Waals surface area (Å²) in [6.07, 6.45) is 4.66. The van der Waals surface area contributed by atoms with Crippen molar-refractivity contribution in [3.63, 3.8) is 0 Å². The first kappa shape index (κ1) is 15.7. The number of esters is 1. The highest BCUT2D eigenvalue weighted by Crippen LogP contribution is 2.11. The van der Waals surface area contributed by atoms with Crippen LogP contribution in [0.4, 0.5) is 0 Å². The summed E-state index contributed by atoms with van der Waals surface area (Å²) in [5.74, 6) is -1.31. The van der Waals surface area contributed by atoms with E-state index >= 15 is 0 Å². The van der Waals surface area contributed by atoms with Crippen LogP contribution in [0.3, 0.4) is 0 Å². The number of hydrogen-bond donors (Lipinski definition) is 1. The fourth-order valence-corrected chi connectivity index (χ4v) is 2.05. The molecule has 2 rings (SSSR count). The second-order valence-corrected chi connectivity index (χ2v) is 4.80. The van der Waals surface area contributed by atoms with Gasteiger partial charge in [-0.15, -0.1) is 0 Å². The van der Waals surface area contributed by atoms with Crippen LogP contribution in [0.15, 0.2) is 42.7 Å². The van der Waals surface area contributed by atoms with Gasteiger partial charge in [0.1, 0.15) is 0 Å². The maximum Gasteiger partial charge on any atom is 0.339 e. The highest BCUT2D eigenvalue weighted by atomic mass is 16.5. The predicted octanol–water partition coefficient (Wildman–Crippen LogP) is 2.74. The lowest BCUT2D eigenvalue weighted by atomic mass is 10.0. The maximum atomic E-state index is 11.7. The highest BCUT2D eigenvalue weighted by Gasteiger charge is 2.08. The number of carboxylic acids is 1. The molecule has 5 nitrogen and oxygen atoms in total. The molecule has 0 amide bonds. The van der Waals surface area contributed by atoms with Crippen LogP contribution in [-0.2, 0) is 17.6 Å². The molecule has 22 heavy (non-hydrogen) atoms. The van der Waals surface area contributed by atoms with Gasteiger partial charge in [-0.3, -0.25) is 4.98 Å². The summed E-state index contributed by atoms with van der Waals surface area (Å²) in [6.45, 7) is 2.09. The van der Waals surface area contributed by atoms with Crippen LogP contribution in [0, 0.1) is 0 Å². The zero-order valence-electron chi connectivity index (χ0n) is 12.3. The SMILES string of the molecule is CCOC(=O)c1cncc(CCc2ccc(C(=O)O)cc2)c1. The second-order valence-electron chi connectivity index (χ2n) is 4.80. The van der Waals surface area contributed by atoms with Crippen molar-refractivity contribution >= 4 is 11.9 Å². The van der Waals surface area contributed by atoms with Gasteiger partial charge in [0.05, 0.1) is 17.7 Å². The zero-order valence-corrected chi connectivity index (χ0v) is 12.3. The van der Waals surface area contributed by atoms with E-state index in [2.05, 4.69) is 4.98 Å². The number of rotatable bonds is 6. The Hall–Kier alpha value is -2.69. The van der Waals surface area contributed by atoms with Crippen LogP contribution in [0.25, 0.3) is 0 Å². The standard InChI is InChI=1S/C17H17NO4/c1-2-22-17(21)15-9-13(10-18-11-15)4-3-12-5-7-14(8-6-12)16(19)20/h5-11H,2-4H2,1H3,(H,19,20). The maximum absolute atomic E-state index is 11.7. The van der Waals surface area contributed by atoms with Crippen molar-refractivity contribution in [3.8, 4) is 0 Å². The first-order chi connectivity index (χ1) is 10.6. The Morgan fingerprint density at radius 1 is 1.05 bits per heavy atom. The van der Waals surface area contributed by atoms with Crippen molar-refractivity contribution in [1.82, 2.24) is 4.98 Å². The molecule has 1 aromatic carbocycles. The molecule has 0 saturated carbocycles. The van der Waals surface area contributed by atoms with Crippen molar-refractivity contribution in [2.24, 2.45) is 0 Å². The van der Waals surface area contributed by atoms with E-state index in [4.69, 9.17) is 9.84 Å². The lowest BCUT2D eigenvalue weighted by Gasteiger charge is -2.05. The highest BCUT2D eigenvalue weighted by molar-refractivity contribution is 5.89. The molecule has 5 heteroatoms. The van der Waals surface area contributed by atoms with Crippen LogP contribution >= 0.6 is 0 Å². The minimum atomic E-state index is -0.933. The fraction of sp³-hybridized carbons (Fsp3) is 0.235. The molecule has 0 saturated heterocycles. The van der Waals surface area contributed by atoms with Gasteiger partial charge >= 0.3 is 11.9 Å². The number of aromatic nitrogens is 1. The number of carbonyl (C=O) groups excluding carboxylic acids is 1. The third kappa shape index (κ3) is 4.15. The van der Waals surface area contributed by atoms with Crippen molar-refractivity contribution < 1.29 is 19.4 Å². The van der Waals surface area contributed by atoms with Gasteiger partial charge in [-0.05, 0) is 49.1 Å². The number of aryl methyl sites for hydroxylation is 2. The molecule has 0 bridgehead atoms. The van der Waals surface area contributed by atoms with Gasteiger partial charge in [-0.25, -0.2) is 9.59 Å². The fourth-order valence-electron chi connectivity index (χ4n) is 2.05. The van der Waals surface area contributed by atoms with Gasteiger partial charge in [-0.2, -0.15) is 0 Å². The van der Waals surface area contributed by atoms with Crippen molar-refractivity contribution in [2.45, 2.75) is 19.8 Å². The average molecular weight is 299 g/mol. The van der Waals surface area contributed by atoms with Crippen molar-refractivity contribution in [2.75, 3.05) is 6.61 Å². The topological polar surface area (TPSA) is 76.5 Å². The Kier molecular flexibility index (Phi) is 5.25. The predicted molar refractivity (Wildman–Crippen MR) is 81.0 cm³/mol. The molecule has 0 aliphatic rings. The number of pyridine rings is 1. The summed E-state index contributed by atoms with van der Waals surface area (Å²) in [5.41, 5.74) is 2.69. The number of aromatic carboxylic acids is 1. The van der Waals surface area contributed by atoms with Crippen LogP contribution in [0.2, 0.25) is 0 Å².